The lowest BCUT2D eigenvalue weighted by atomic mass is 10.3. The van der Waals surface area contributed by atoms with Gasteiger partial charge < -0.3 is 15.0 Å². The third-order valence-corrected chi connectivity index (χ3v) is 4.53. The molecular weight excluding hydrogens is 322 g/mol. The fourth-order valence-corrected chi connectivity index (χ4v) is 3.21. The van der Waals surface area contributed by atoms with E-state index in [0.29, 0.717) is 5.75 Å². The Kier molecular flexibility index (Phi) is 3.62. The number of ether oxygens (including phenoxy) is 1. The van der Waals surface area contributed by atoms with Crippen molar-refractivity contribution >= 4 is 26.7 Å². The van der Waals surface area contributed by atoms with Crippen LogP contribution in [0.4, 0.5) is 5.13 Å². The number of anilines is 1. The number of H-pyrrole nitrogens is 1. The Morgan fingerprint density at radius 1 is 1.12 bits per heavy atom. The highest BCUT2D eigenvalue weighted by Gasteiger charge is 2.08. The van der Waals surface area contributed by atoms with Crippen LogP contribution in [0.1, 0.15) is 5.69 Å². The zero-order chi connectivity index (χ0) is 16.5. The minimum Gasteiger partial charge on any atom is -0.457 e. The molecule has 4 aromatic rings. The number of thiazole rings is 1. The summed E-state index contributed by atoms with van der Waals surface area (Å²) in [5, 5.41) is 3.95. The first kappa shape index (κ1) is 14.6. The SMILES string of the molecule is CNc1nc2ccc(Oc3ccnc(-c4nc(C)c[nH]4)c3)cc2s1. The molecule has 4 rings (SSSR count). The largest absolute Gasteiger partial charge is 0.457 e. The highest BCUT2D eigenvalue weighted by Crippen LogP contribution is 2.31. The molecule has 0 aliphatic carbocycles. The molecule has 0 radical (unpaired) electrons. The van der Waals surface area contributed by atoms with Crippen LogP contribution in [-0.4, -0.2) is 27.0 Å². The molecule has 0 saturated carbocycles. The second-order valence-electron chi connectivity index (χ2n) is 5.27. The molecule has 0 unspecified atom stereocenters. The normalized spacial score (nSPS) is 10.9. The van der Waals surface area contributed by atoms with Gasteiger partial charge in [-0.1, -0.05) is 11.3 Å². The van der Waals surface area contributed by atoms with Gasteiger partial charge in [-0.3, -0.25) is 4.98 Å². The number of hydrogen-bond acceptors (Lipinski definition) is 6. The van der Waals surface area contributed by atoms with Crippen LogP contribution in [0.5, 0.6) is 11.5 Å². The summed E-state index contributed by atoms with van der Waals surface area (Å²) < 4.78 is 7.05. The van der Waals surface area contributed by atoms with Gasteiger partial charge >= 0.3 is 0 Å². The molecule has 2 N–H and O–H groups in total. The average Bonchev–Trinajstić information content (AvgIpc) is 3.20. The Hall–Kier alpha value is -2.93. The summed E-state index contributed by atoms with van der Waals surface area (Å²) in [5.41, 5.74) is 2.63. The summed E-state index contributed by atoms with van der Waals surface area (Å²) in [4.78, 5) is 16.3. The number of nitrogens with zero attached hydrogens (tertiary/aromatic N) is 3. The van der Waals surface area contributed by atoms with Gasteiger partial charge in [0.15, 0.2) is 11.0 Å². The van der Waals surface area contributed by atoms with Crippen LogP contribution in [0.3, 0.4) is 0 Å². The van der Waals surface area contributed by atoms with E-state index in [4.69, 9.17) is 4.74 Å². The summed E-state index contributed by atoms with van der Waals surface area (Å²) in [5.74, 6) is 2.21. The minimum atomic E-state index is 0.715. The van der Waals surface area contributed by atoms with Gasteiger partial charge in [-0.25, -0.2) is 9.97 Å². The van der Waals surface area contributed by atoms with Crippen molar-refractivity contribution in [2.24, 2.45) is 0 Å². The van der Waals surface area contributed by atoms with Crippen LogP contribution in [0, 0.1) is 6.92 Å². The van der Waals surface area contributed by atoms with E-state index in [0.717, 1.165) is 38.3 Å². The molecule has 0 fully saturated rings. The quantitative estimate of drug-likeness (QED) is 0.583. The van der Waals surface area contributed by atoms with Crippen molar-refractivity contribution in [1.82, 2.24) is 19.9 Å². The Labute approximate surface area is 142 Å². The number of imidazole rings is 1. The van der Waals surface area contributed by atoms with Gasteiger partial charge in [0.1, 0.15) is 17.2 Å². The predicted molar refractivity (Wildman–Crippen MR) is 95.8 cm³/mol. The van der Waals surface area contributed by atoms with Gasteiger partial charge in [0.2, 0.25) is 0 Å². The molecule has 0 atom stereocenters. The van der Waals surface area contributed by atoms with Gasteiger partial charge in [0.25, 0.3) is 0 Å². The van der Waals surface area contributed by atoms with E-state index in [-0.39, 0.29) is 0 Å². The number of nitrogens with one attached hydrogen (secondary N) is 2. The van der Waals surface area contributed by atoms with Crippen molar-refractivity contribution in [2.45, 2.75) is 6.92 Å². The number of aromatic amines is 1. The molecule has 0 amide bonds. The molecule has 0 bridgehead atoms. The molecule has 0 saturated heterocycles. The molecule has 7 heteroatoms. The van der Waals surface area contributed by atoms with Gasteiger partial charge in [-0.05, 0) is 25.1 Å². The lowest BCUT2D eigenvalue weighted by Gasteiger charge is -2.06. The van der Waals surface area contributed by atoms with E-state index in [1.165, 1.54) is 0 Å². The molecule has 0 aliphatic heterocycles. The third kappa shape index (κ3) is 2.81. The van der Waals surface area contributed by atoms with E-state index >= 15 is 0 Å². The van der Waals surface area contributed by atoms with Gasteiger partial charge in [0, 0.05) is 31.6 Å². The standard InChI is InChI=1S/C17H15N5OS/c1-10-9-20-16(21-10)14-7-12(5-6-19-14)23-11-3-4-13-15(8-11)24-17(18-2)22-13/h3-9H,1-2H3,(H,18,22)(H,20,21). The highest BCUT2D eigenvalue weighted by atomic mass is 32.1. The van der Waals surface area contributed by atoms with E-state index in [2.05, 4.69) is 25.3 Å². The Morgan fingerprint density at radius 3 is 2.79 bits per heavy atom. The number of pyridine rings is 1. The topological polar surface area (TPSA) is 75.7 Å². The maximum Gasteiger partial charge on any atom is 0.183 e. The summed E-state index contributed by atoms with van der Waals surface area (Å²) in [7, 11) is 1.87. The lowest BCUT2D eigenvalue weighted by Crippen LogP contribution is -1.89. The van der Waals surface area contributed by atoms with Crippen molar-refractivity contribution in [2.75, 3.05) is 12.4 Å². The second kappa shape index (κ2) is 5.93. The molecular formula is C17H15N5OS. The molecule has 0 aliphatic rings. The monoisotopic (exact) mass is 337 g/mol. The first-order valence-electron chi connectivity index (χ1n) is 7.46. The molecule has 120 valence electrons. The van der Waals surface area contributed by atoms with Crippen molar-refractivity contribution in [1.29, 1.82) is 0 Å². The number of benzene rings is 1. The van der Waals surface area contributed by atoms with Crippen molar-refractivity contribution < 1.29 is 4.74 Å². The predicted octanol–water partition coefficient (Wildman–Crippen LogP) is 4.22. The van der Waals surface area contributed by atoms with Crippen LogP contribution in [0.25, 0.3) is 21.7 Å². The molecule has 6 nitrogen and oxygen atoms in total. The van der Waals surface area contributed by atoms with Gasteiger partial charge in [-0.15, -0.1) is 0 Å². The van der Waals surface area contributed by atoms with Gasteiger partial charge in [-0.2, -0.15) is 0 Å². The van der Waals surface area contributed by atoms with E-state index in [1.807, 2.05) is 50.5 Å². The number of rotatable bonds is 4. The summed E-state index contributed by atoms with van der Waals surface area (Å²) >= 11 is 1.60. The maximum atomic E-state index is 5.98. The average molecular weight is 337 g/mol. The van der Waals surface area contributed by atoms with E-state index in [1.54, 1.807) is 17.5 Å². The van der Waals surface area contributed by atoms with Crippen LogP contribution in [-0.2, 0) is 0 Å². The number of aromatic nitrogens is 4. The fraction of sp³-hybridized carbons (Fsp3) is 0.118. The zero-order valence-corrected chi connectivity index (χ0v) is 14.0. The van der Waals surface area contributed by atoms with Crippen LogP contribution in [0.2, 0.25) is 0 Å². The molecule has 1 aromatic carbocycles. The minimum absolute atomic E-state index is 0.715. The maximum absolute atomic E-state index is 5.98. The summed E-state index contributed by atoms with van der Waals surface area (Å²) in [6, 6.07) is 9.56. The molecule has 3 heterocycles. The lowest BCUT2D eigenvalue weighted by molar-refractivity contribution is 0.483. The number of fused-ring (bicyclic) bond motifs is 1. The molecule has 3 aromatic heterocycles. The Bertz CT molecular complexity index is 1010. The third-order valence-electron chi connectivity index (χ3n) is 3.49. The Balaban J connectivity index is 1.63. The van der Waals surface area contributed by atoms with E-state index in [9.17, 15) is 0 Å². The molecule has 0 spiro atoms. The first-order chi connectivity index (χ1) is 11.7. The van der Waals surface area contributed by atoms with Gasteiger partial charge in [0.05, 0.1) is 15.9 Å². The van der Waals surface area contributed by atoms with Crippen molar-refractivity contribution in [3.05, 3.63) is 48.4 Å². The van der Waals surface area contributed by atoms with Crippen LogP contribution < -0.4 is 10.1 Å². The fourth-order valence-electron chi connectivity index (χ4n) is 2.36. The van der Waals surface area contributed by atoms with Crippen molar-refractivity contribution in [3.8, 4) is 23.0 Å². The summed E-state index contributed by atoms with van der Waals surface area (Å²) in [6.45, 7) is 1.93. The van der Waals surface area contributed by atoms with Crippen molar-refractivity contribution in [3.63, 3.8) is 0 Å². The number of hydrogen-bond donors (Lipinski definition) is 2. The summed E-state index contributed by atoms with van der Waals surface area (Å²) in [6.07, 6.45) is 3.56. The Morgan fingerprint density at radius 2 is 2.00 bits per heavy atom. The molecule has 24 heavy (non-hydrogen) atoms. The zero-order valence-electron chi connectivity index (χ0n) is 13.2. The van der Waals surface area contributed by atoms with Crippen LogP contribution >= 0.6 is 11.3 Å². The first-order valence-corrected chi connectivity index (χ1v) is 8.27. The smallest absolute Gasteiger partial charge is 0.183 e. The highest BCUT2D eigenvalue weighted by molar-refractivity contribution is 7.22. The number of aryl methyl sites for hydroxylation is 1. The second-order valence-corrected chi connectivity index (χ2v) is 6.30. The van der Waals surface area contributed by atoms with E-state index < -0.39 is 0 Å². The van der Waals surface area contributed by atoms with Crippen LogP contribution in [0.15, 0.2) is 42.7 Å².